The van der Waals surface area contributed by atoms with Crippen molar-refractivity contribution < 1.29 is 0 Å². The average Bonchev–Trinajstić information content (AvgIpc) is 2.78. The third-order valence-electron chi connectivity index (χ3n) is 2.53. The third-order valence-corrected chi connectivity index (χ3v) is 3.66. The first-order chi connectivity index (χ1) is 8.20. The lowest BCUT2D eigenvalue weighted by atomic mass is 10.2. The molecule has 0 fully saturated rings. The standard InChI is InChI=1S/C13H15ClN2S/c1-16(2)12-5-3-10(4-6-12)13-15-11(7-8-14)9-17-13/h3-6,9H,7-8H2,1-2H3. The fraction of sp³-hybridized carbons (Fsp3) is 0.308. The van der Waals surface area contributed by atoms with Gasteiger partial charge in [-0.15, -0.1) is 22.9 Å². The van der Waals surface area contributed by atoms with E-state index in [2.05, 4.69) is 39.5 Å². The van der Waals surface area contributed by atoms with Gasteiger partial charge in [-0.3, -0.25) is 0 Å². The van der Waals surface area contributed by atoms with Gasteiger partial charge in [-0.1, -0.05) is 0 Å². The lowest BCUT2D eigenvalue weighted by Crippen LogP contribution is -2.07. The van der Waals surface area contributed by atoms with Gasteiger partial charge < -0.3 is 4.90 Å². The summed E-state index contributed by atoms with van der Waals surface area (Å²) in [5.41, 5.74) is 3.45. The van der Waals surface area contributed by atoms with E-state index in [1.54, 1.807) is 11.3 Å². The number of hydrogen-bond donors (Lipinski definition) is 0. The highest BCUT2D eigenvalue weighted by atomic mass is 35.5. The van der Waals surface area contributed by atoms with Gasteiger partial charge in [-0.2, -0.15) is 0 Å². The second-order valence-corrected chi connectivity index (χ2v) is 5.26. The van der Waals surface area contributed by atoms with E-state index in [1.165, 1.54) is 11.3 Å². The number of hydrogen-bond acceptors (Lipinski definition) is 3. The normalized spacial score (nSPS) is 10.5. The van der Waals surface area contributed by atoms with Crippen molar-refractivity contribution in [2.45, 2.75) is 6.42 Å². The van der Waals surface area contributed by atoms with Crippen LogP contribution in [-0.4, -0.2) is 25.0 Å². The highest BCUT2D eigenvalue weighted by Gasteiger charge is 2.04. The molecule has 0 aliphatic heterocycles. The quantitative estimate of drug-likeness (QED) is 0.785. The molecular formula is C13H15ClN2S. The number of aryl methyl sites for hydroxylation is 1. The summed E-state index contributed by atoms with van der Waals surface area (Å²) in [6.45, 7) is 0. The summed E-state index contributed by atoms with van der Waals surface area (Å²) in [5.74, 6) is 0.628. The second kappa shape index (κ2) is 5.52. The van der Waals surface area contributed by atoms with Crippen molar-refractivity contribution in [3.8, 4) is 10.6 Å². The second-order valence-electron chi connectivity index (χ2n) is 4.02. The Bertz CT molecular complexity index is 476. The SMILES string of the molecule is CN(C)c1ccc(-c2nc(CCCl)cs2)cc1. The van der Waals surface area contributed by atoms with Crippen LogP contribution < -0.4 is 4.90 Å². The molecule has 0 saturated heterocycles. The van der Waals surface area contributed by atoms with Crippen LogP contribution in [0.4, 0.5) is 5.69 Å². The Kier molecular flexibility index (Phi) is 4.02. The Hall–Kier alpha value is -1.06. The monoisotopic (exact) mass is 266 g/mol. The molecule has 2 nitrogen and oxygen atoms in total. The van der Waals surface area contributed by atoms with Crippen LogP contribution in [0.2, 0.25) is 0 Å². The predicted octanol–water partition coefficient (Wildman–Crippen LogP) is 3.66. The minimum Gasteiger partial charge on any atom is -0.378 e. The minimum absolute atomic E-state index is 0.628. The fourth-order valence-electron chi connectivity index (χ4n) is 1.55. The number of anilines is 1. The first-order valence-corrected chi connectivity index (χ1v) is 6.90. The van der Waals surface area contributed by atoms with E-state index in [1.807, 2.05) is 14.1 Å². The number of alkyl halides is 1. The van der Waals surface area contributed by atoms with Gasteiger partial charge in [0.15, 0.2) is 0 Å². The number of benzene rings is 1. The van der Waals surface area contributed by atoms with Crippen molar-refractivity contribution in [3.63, 3.8) is 0 Å². The molecule has 1 aromatic carbocycles. The largest absolute Gasteiger partial charge is 0.378 e. The van der Waals surface area contributed by atoms with Gasteiger partial charge in [-0.25, -0.2) is 4.98 Å². The Morgan fingerprint density at radius 2 is 1.94 bits per heavy atom. The topological polar surface area (TPSA) is 16.1 Å². The van der Waals surface area contributed by atoms with Crippen LogP contribution in [-0.2, 0) is 6.42 Å². The van der Waals surface area contributed by atoms with Gasteiger partial charge in [0, 0.05) is 43.0 Å². The molecule has 0 N–H and O–H groups in total. The first-order valence-electron chi connectivity index (χ1n) is 5.49. The van der Waals surface area contributed by atoms with Gasteiger partial charge in [0.25, 0.3) is 0 Å². The molecule has 0 amide bonds. The van der Waals surface area contributed by atoms with Crippen LogP contribution in [0.15, 0.2) is 29.6 Å². The number of rotatable bonds is 4. The summed E-state index contributed by atoms with van der Waals surface area (Å²) in [6, 6.07) is 8.44. The summed E-state index contributed by atoms with van der Waals surface area (Å²) < 4.78 is 0. The first kappa shape index (κ1) is 12.4. The summed E-state index contributed by atoms with van der Waals surface area (Å²) >= 11 is 7.38. The lowest BCUT2D eigenvalue weighted by Gasteiger charge is -2.11. The molecule has 2 rings (SSSR count). The van der Waals surface area contributed by atoms with E-state index in [9.17, 15) is 0 Å². The molecule has 0 bridgehead atoms. The Morgan fingerprint density at radius 1 is 1.24 bits per heavy atom. The maximum absolute atomic E-state index is 5.71. The van der Waals surface area contributed by atoms with Crippen molar-refractivity contribution in [2.75, 3.05) is 24.9 Å². The molecule has 4 heteroatoms. The van der Waals surface area contributed by atoms with Crippen molar-refractivity contribution in [1.82, 2.24) is 4.98 Å². The molecule has 0 unspecified atom stereocenters. The molecule has 2 aromatic rings. The number of aromatic nitrogens is 1. The van der Waals surface area contributed by atoms with Gasteiger partial charge >= 0.3 is 0 Å². The van der Waals surface area contributed by atoms with Crippen LogP contribution in [0.3, 0.4) is 0 Å². The molecule has 0 atom stereocenters. The third kappa shape index (κ3) is 2.99. The molecule has 0 aliphatic rings. The Labute approximate surface area is 111 Å². The molecule has 0 spiro atoms. The molecule has 0 aliphatic carbocycles. The van der Waals surface area contributed by atoms with Gasteiger partial charge in [0.2, 0.25) is 0 Å². The molecule has 0 saturated carbocycles. The summed E-state index contributed by atoms with van der Waals surface area (Å²) in [5, 5.41) is 3.15. The van der Waals surface area contributed by atoms with E-state index in [4.69, 9.17) is 11.6 Å². The van der Waals surface area contributed by atoms with E-state index in [0.717, 1.165) is 17.1 Å². The van der Waals surface area contributed by atoms with Crippen LogP contribution >= 0.6 is 22.9 Å². The number of thiazole rings is 1. The molecule has 0 radical (unpaired) electrons. The number of halogens is 1. The van der Waals surface area contributed by atoms with Crippen molar-refractivity contribution in [1.29, 1.82) is 0 Å². The van der Waals surface area contributed by atoms with Crippen LogP contribution in [0.25, 0.3) is 10.6 Å². The molecule has 17 heavy (non-hydrogen) atoms. The summed E-state index contributed by atoms with van der Waals surface area (Å²) in [7, 11) is 4.08. The smallest absolute Gasteiger partial charge is 0.123 e. The van der Waals surface area contributed by atoms with Crippen molar-refractivity contribution in [3.05, 3.63) is 35.3 Å². The Morgan fingerprint density at radius 3 is 2.53 bits per heavy atom. The lowest BCUT2D eigenvalue weighted by molar-refractivity contribution is 1.07. The zero-order valence-corrected chi connectivity index (χ0v) is 11.6. The Balaban J connectivity index is 2.21. The highest BCUT2D eigenvalue weighted by molar-refractivity contribution is 7.13. The molecule has 1 heterocycles. The van der Waals surface area contributed by atoms with Crippen molar-refractivity contribution >= 4 is 28.6 Å². The van der Waals surface area contributed by atoms with E-state index in [0.29, 0.717) is 5.88 Å². The van der Waals surface area contributed by atoms with E-state index in [-0.39, 0.29) is 0 Å². The minimum atomic E-state index is 0.628. The maximum atomic E-state index is 5.71. The summed E-state index contributed by atoms with van der Waals surface area (Å²) in [4.78, 5) is 6.65. The maximum Gasteiger partial charge on any atom is 0.123 e. The van der Waals surface area contributed by atoms with E-state index >= 15 is 0 Å². The van der Waals surface area contributed by atoms with Crippen LogP contribution in [0.1, 0.15) is 5.69 Å². The van der Waals surface area contributed by atoms with Crippen LogP contribution in [0, 0.1) is 0 Å². The number of nitrogens with zero attached hydrogens (tertiary/aromatic N) is 2. The van der Waals surface area contributed by atoms with Crippen LogP contribution in [0.5, 0.6) is 0 Å². The zero-order valence-electron chi connectivity index (χ0n) is 9.98. The van der Waals surface area contributed by atoms with Gasteiger partial charge in [-0.05, 0) is 24.3 Å². The molecule has 90 valence electrons. The van der Waals surface area contributed by atoms with Gasteiger partial charge in [0.05, 0.1) is 5.69 Å². The van der Waals surface area contributed by atoms with E-state index < -0.39 is 0 Å². The molecular weight excluding hydrogens is 252 g/mol. The van der Waals surface area contributed by atoms with Crippen molar-refractivity contribution in [2.24, 2.45) is 0 Å². The fourth-order valence-corrected chi connectivity index (χ4v) is 2.61. The summed E-state index contributed by atoms with van der Waals surface area (Å²) in [6.07, 6.45) is 0.841. The predicted molar refractivity (Wildman–Crippen MR) is 76.3 cm³/mol. The van der Waals surface area contributed by atoms with Gasteiger partial charge in [0.1, 0.15) is 5.01 Å². The average molecular weight is 267 g/mol. The highest BCUT2D eigenvalue weighted by Crippen LogP contribution is 2.25. The zero-order chi connectivity index (χ0) is 12.3. The molecule has 1 aromatic heterocycles.